The smallest absolute Gasteiger partial charge is 0.349 e. The molecule has 0 amide bonds. The van der Waals surface area contributed by atoms with Gasteiger partial charge in [-0.2, -0.15) is 0 Å². The molecular formula is C12H13ClO2. The molecule has 2 nitrogen and oxygen atoms in total. The highest BCUT2D eigenvalue weighted by Crippen LogP contribution is 2.19. The molecule has 0 saturated carbocycles. The summed E-state index contributed by atoms with van der Waals surface area (Å²) in [6, 6.07) is 9.82. The maximum atomic E-state index is 11.1. The number of carbonyl (C=O) groups is 1. The summed E-state index contributed by atoms with van der Waals surface area (Å²) < 4.78 is 4.51. The lowest BCUT2D eigenvalue weighted by Gasteiger charge is -2.06. The zero-order valence-electron chi connectivity index (χ0n) is 8.74. The van der Waals surface area contributed by atoms with Gasteiger partial charge in [-0.25, -0.2) is 4.79 Å². The molecule has 15 heavy (non-hydrogen) atoms. The molecule has 0 fully saturated rings. The number of halogens is 1. The van der Waals surface area contributed by atoms with E-state index < -0.39 is 5.97 Å². The number of allylic oxidation sites excluding steroid dienone is 1. The van der Waals surface area contributed by atoms with Gasteiger partial charge in [-0.05, 0) is 5.56 Å². The molecule has 1 atom stereocenters. The fourth-order valence-electron chi connectivity index (χ4n) is 1.24. The molecular weight excluding hydrogens is 212 g/mol. The highest BCUT2D eigenvalue weighted by molar-refractivity contribution is 6.41. The number of methoxy groups -OCH3 is 1. The van der Waals surface area contributed by atoms with Crippen molar-refractivity contribution < 1.29 is 9.53 Å². The van der Waals surface area contributed by atoms with E-state index in [0.717, 1.165) is 5.56 Å². The molecule has 0 aliphatic carbocycles. The predicted octanol–water partition coefficient (Wildman–Crippen LogP) is 3.09. The van der Waals surface area contributed by atoms with Crippen LogP contribution in [0.25, 0.3) is 0 Å². The molecule has 0 aromatic heterocycles. The van der Waals surface area contributed by atoms with Crippen molar-refractivity contribution in [1.82, 2.24) is 0 Å². The zero-order valence-corrected chi connectivity index (χ0v) is 9.49. The number of benzene rings is 1. The van der Waals surface area contributed by atoms with E-state index in [1.54, 1.807) is 6.08 Å². The molecule has 3 heteroatoms. The van der Waals surface area contributed by atoms with E-state index in [2.05, 4.69) is 4.74 Å². The Labute approximate surface area is 94.5 Å². The van der Waals surface area contributed by atoms with Crippen molar-refractivity contribution >= 4 is 17.6 Å². The highest BCUT2D eigenvalue weighted by atomic mass is 35.5. The van der Waals surface area contributed by atoms with Crippen LogP contribution in [0.4, 0.5) is 0 Å². The monoisotopic (exact) mass is 224 g/mol. The first-order valence-electron chi connectivity index (χ1n) is 4.65. The predicted molar refractivity (Wildman–Crippen MR) is 60.8 cm³/mol. The number of hydrogen-bond donors (Lipinski definition) is 0. The van der Waals surface area contributed by atoms with Crippen LogP contribution in [0.15, 0.2) is 41.4 Å². The van der Waals surface area contributed by atoms with E-state index in [-0.39, 0.29) is 11.0 Å². The molecule has 1 unspecified atom stereocenters. The van der Waals surface area contributed by atoms with E-state index in [1.165, 1.54) is 7.11 Å². The van der Waals surface area contributed by atoms with Crippen LogP contribution < -0.4 is 0 Å². The van der Waals surface area contributed by atoms with E-state index in [9.17, 15) is 4.79 Å². The van der Waals surface area contributed by atoms with Gasteiger partial charge in [0.25, 0.3) is 0 Å². The number of rotatable bonds is 3. The molecule has 0 N–H and O–H groups in total. The molecule has 0 radical (unpaired) electrons. The van der Waals surface area contributed by atoms with Gasteiger partial charge in [0.2, 0.25) is 0 Å². The van der Waals surface area contributed by atoms with Gasteiger partial charge in [0.15, 0.2) is 0 Å². The van der Waals surface area contributed by atoms with Crippen LogP contribution in [0.5, 0.6) is 0 Å². The quantitative estimate of drug-likeness (QED) is 0.583. The number of ether oxygens (including phenoxy) is 1. The average Bonchev–Trinajstić information content (AvgIpc) is 2.29. The van der Waals surface area contributed by atoms with Crippen LogP contribution in [0.2, 0.25) is 0 Å². The van der Waals surface area contributed by atoms with Crippen LogP contribution >= 0.6 is 11.6 Å². The molecule has 1 aromatic rings. The Morgan fingerprint density at radius 2 is 2.00 bits per heavy atom. The Hall–Kier alpha value is -1.28. The summed E-state index contributed by atoms with van der Waals surface area (Å²) in [5.41, 5.74) is 1.11. The first-order chi connectivity index (χ1) is 7.15. The van der Waals surface area contributed by atoms with Crippen molar-refractivity contribution in [2.24, 2.45) is 0 Å². The van der Waals surface area contributed by atoms with E-state index in [1.807, 2.05) is 37.3 Å². The van der Waals surface area contributed by atoms with Crippen molar-refractivity contribution in [3.8, 4) is 0 Å². The van der Waals surface area contributed by atoms with E-state index in [4.69, 9.17) is 11.6 Å². The Morgan fingerprint density at radius 1 is 1.40 bits per heavy atom. The lowest BCUT2D eigenvalue weighted by Crippen LogP contribution is -2.01. The standard InChI is InChI=1S/C12H13ClO2/c1-9(8-11(13)12(14)15-2)10-6-4-3-5-7-10/h3-9H,1-2H3/b11-8-. The normalized spacial score (nSPS) is 13.4. The van der Waals surface area contributed by atoms with E-state index in [0.29, 0.717) is 0 Å². The zero-order chi connectivity index (χ0) is 11.3. The van der Waals surface area contributed by atoms with Crippen molar-refractivity contribution in [2.75, 3.05) is 7.11 Å². The van der Waals surface area contributed by atoms with Gasteiger partial charge in [0.05, 0.1) is 7.11 Å². The van der Waals surface area contributed by atoms with Gasteiger partial charge in [0, 0.05) is 5.92 Å². The largest absolute Gasteiger partial charge is 0.465 e. The van der Waals surface area contributed by atoms with Crippen molar-refractivity contribution in [1.29, 1.82) is 0 Å². The van der Waals surface area contributed by atoms with Gasteiger partial charge in [-0.15, -0.1) is 0 Å². The maximum absolute atomic E-state index is 11.1. The summed E-state index contributed by atoms with van der Waals surface area (Å²) in [6.45, 7) is 1.97. The third-order valence-corrected chi connectivity index (χ3v) is 2.38. The first-order valence-corrected chi connectivity index (χ1v) is 5.03. The van der Waals surface area contributed by atoms with Gasteiger partial charge in [-0.1, -0.05) is 54.9 Å². The van der Waals surface area contributed by atoms with Gasteiger partial charge in [0.1, 0.15) is 5.03 Å². The molecule has 80 valence electrons. The van der Waals surface area contributed by atoms with Crippen molar-refractivity contribution in [3.63, 3.8) is 0 Å². The number of carbonyl (C=O) groups excluding carboxylic acids is 1. The summed E-state index contributed by atoms with van der Waals surface area (Å²) in [5.74, 6) is -0.405. The molecule has 0 heterocycles. The summed E-state index contributed by atoms with van der Waals surface area (Å²) in [6.07, 6.45) is 1.68. The minimum atomic E-state index is -0.501. The van der Waals surface area contributed by atoms with Crippen LogP contribution in [0.3, 0.4) is 0 Å². The molecule has 0 aliphatic heterocycles. The number of hydrogen-bond acceptors (Lipinski definition) is 2. The second-order valence-corrected chi connectivity index (χ2v) is 3.61. The second-order valence-electron chi connectivity index (χ2n) is 3.21. The van der Waals surface area contributed by atoms with Crippen LogP contribution in [0, 0.1) is 0 Å². The fourth-order valence-corrected chi connectivity index (χ4v) is 1.50. The first kappa shape index (κ1) is 11.8. The minimum Gasteiger partial charge on any atom is -0.465 e. The molecule has 0 saturated heterocycles. The van der Waals surface area contributed by atoms with Crippen LogP contribution in [0.1, 0.15) is 18.4 Å². The van der Waals surface area contributed by atoms with Gasteiger partial charge >= 0.3 is 5.97 Å². The van der Waals surface area contributed by atoms with Crippen molar-refractivity contribution in [3.05, 3.63) is 47.0 Å². The maximum Gasteiger partial charge on any atom is 0.349 e. The van der Waals surface area contributed by atoms with Crippen molar-refractivity contribution in [2.45, 2.75) is 12.8 Å². The summed E-state index contributed by atoms with van der Waals surface area (Å²) >= 11 is 5.76. The summed E-state index contributed by atoms with van der Waals surface area (Å²) in [4.78, 5) is 11.1. The minimum absolute atomic E-state index is 0.0952. The second kappa shape index (κ2) is 5.56. The van der Waals surface area contributed by atoms with E-state index >= 15 is 0 Å². The number of esters is 1. The lowest BCUT2D eigenvalue weighted by atomic mass is 10.0. The Bertz CT molecular complexity index is 357. The molecule has 0 spiro atoms. The summed E-state index contributed by atoms with van der Waals surface area (Å²) in [5, 5.41) is 0.119. The van der Waals surface area contributed by atoms with Crippen LogP contribution in [-0.2, 0) is 9.53 Å². The third-order valence-electron chi connectivity index (χ3n) is 2.10. The fraction of sp³-hybridized carbons (Fsp3) is 0.250. The molecule has 1 aromatic carbocycles. The van der Waals surface area contributed by atoms with Gasteiger partial charge < -0.3 is 4.74 Å². The molecule has 1 rings (SSSR count). The molecule has 0 bridgehead atoms. The Kier molecular flexibility index (Phi) is 4.37. The highest BCUT2D eigenvalue weighted by Gasteiger charge is 2.09. The Morgan fingerprint density at radius 3 is 2.53 bits per heavy atom. The topological polar surface area (TPSA) is 26.3 Å². The third kappa shape index (κ3) is 3.40. The summed E-state index contributed by atoms with van der Waals surface area (Å²) in [7, 11) is 1.31. The Balaban J connectivity index is 2.79. The molecule has 0 aliphatic rings. The average molecular weight is 225 g/mol. The van der Waals surface area contributed by atoms with Crippen LogP contribution in [-0.4, -0.2) is 13.1 Å². The van der Waals surface area contributed by atoms with Gasteiger partial charge in [-0.3, -0.25) is 0 Å². The SMILES string of the molecule is COC(=O)/C(Cl)=C/C(C)c1ccccc1. The lowest BCUT2D eigenvalue weighted by molar-refractivity contribution is -0.135.